The largest absolute Gasteiger partial charge is 0.459 e. The Bertz CT molecular complexity index is 644. The molecule has 0 atom stereocenters. The topological polar surface area (TPSA) is 26.3 Å². The Hall–Kier alpha value is -1.85. The second-order valence-corrected chi connectivity index (χ2v) is 7.16. The van der Waals surface area contributed by atoms with Crippen LogP contribution in [0.1, 0.15) is 74.2 Å². The molecule has 1 aliphatic carbocycles. The number of ether oxygens (including phenoxy) is 1. The molecule has 150 valence electrons. The van der Waals surface area contributed by atoms with Crippen LogP contribution in [0, 0.1) is 11.7 Å². The fourth-order valence-corrected chi connectivity index (χ4v) is 3.41. The van der Waals surface area contributed by atoms with Crippen molar-refractivity contribution >= 4 is 12.0 Å². The molecule has 1 fully saturated rings. The van der Waals surface area contributed by atoms with Gasteiger partial charge in [0.05, 0.1) is 5.56 Å². The van der Waals surface area contributed by atoms with E-state index in [4.69, 9.17) is 4.74 Å². The van der Waals surface area contributed by atoms with E-state index >= 15 is 0 Å². The van der Waals surface area contributed by atoms with Gasteiger partial charge in [0.25, 0.3) is 0 Å². The molecule has 0 aromatic heterocycles. The van der Waals surface area contributed by atoms with E-state index in [1.807, 2.05) is 0 Å². The molecule has 27 heavy (non-hydrogen) atoms. The maximum atomic E-state index is 13.9. The molecule has 2 nitrogen and oxygen atoms in total. The molecule has 0 unspecified atom stereocenters. The standard InChI is InChI=1S/C21H26F4O2/c1-2-3-4-5-15-6-10-18(11-7-15)27-20(26)17-9-8-16(19(22)14-17)12-13-21(23,24)25/h8-9,12-15,18H,2-7,10-11H2,1H3. The maximum Gasteiger partial charge on any atom is 0.409 e. The summed E-state index contributed by atoms with van der Waals surface area (Å²) < 4.78 is 55.9. The van der Waals surface area contributed by atoms with Crippen LogP contribution >= 0.6 is 0 Å². The van der Waals surface area contributed by atoms with Gasteiger partial charge in [0.1, 0.15) is 11.9 Å². The number of carbonyl (C=O) groups is 1. The average molecular weight is 386 g/mol. The van der Waals surface area contributed by atoms with Crippen molar-refractivity contribution in [3.63, 3.8) is 0 Å². The van der Waals surface area contributed by atoms with Crippen molar-refractivity contribution in [3.8, 4) is 0 Å². The van der Waals surface area contributed by atoms with Gasteiger partial charge in [-0.05, 0) is 49.8 Å². The highest BCUT2D eigenvalue weighted by Gasteiger charge is 2.25. The molecule has 1 saturated carbocycles. The monoisotopic (exact) mass is 386 g/mol. The van der Waals surface area contributed by atoms with Crippen LogP contribution in [0.5, 0.6) is 0 Å². The molecular formula is C21H26F4O2. The third kappa shape index (κ3) is 7.35. The summed E-state index contributed by atoms with van der Waals surface area (Å²) in [7, 11) is 0. The van der Waals surface area contributed by atoms with Crippen molar-refractivity contribution < 1.29 is 27.1 Å². The van der Waals surface area contributed by atoms with Gasteiger partial charge in [0.2, 0.25) is 0 Å². The van der Waals surface area contributed by atoms with Crippen LogP contribution in [0.2, 0.25) is 0 Å². The van der Waals surface area contributed by atoms with E-state index in [1.54, 1.807) is 0 Å². The molecule has 0 amide bonds. The summed E-state index contributed by atoms with van der Waals surface area (Å²) >= 11 is 0. The Morgan fingerprint density at radius 3 is 2.48 bits per heavy atom. The molecule has 6 heteroatoms. The maximum absolute atomic E-state index is 13.9. The number of benzene rings is 1. The number of rotatable bonds is 7. The molecule has 1 aromatic carbocycles. The van der Waals surface area contributed by atoms with Gasteiger partial charge in [0, 0.05) is 11.6 Å². The van der Waals surface area contributed by atoms with E-state index in [2.05, 4.69) is 6.92 Å². The van der Waals surface area contributed by atoms with Crippen molar-refractivity contribution in [1.29, 1.82) is 0 Å². The summed E-state index contributed by atoms with van der Waals surface area (Å²) in [4.78, 5) is 12.2. The average Bonchev–Trinajstić information content (AvgIpc) is 2.61. The molecule has 2 rings (SSSR count). The van der Waals surface area contributed by atoms with Crippen molar-refractivity contribution in [2.75, 3.05) is 0 Å². The zero-order chi connectivity index (χ0) is 19.9. The van der Waals surface area contributed by atoms with Crippen LogP contribution in [-0.2, 0) is 4.74 Å². The second kappa shape index (κ2) is 9.90. The molecule has 0 saturated heterocycles. The van der Waals surface area contributed by atoms with Gasteiger partial charge in [-0.15, -0.1) is 0 Å². The van der Waals surface area contributed by atoms with Gasteiger partial charge in [0.15, 0.2) is 0 Å². The number of esters is 1. The van der Waals surface area contributed by atoms with E-state index in [0.29, 0.717) is 12.0 Å². The molecule has 0 aliphatic heterocycles. The number of halogens is 4. The second-order valence-electron chi connectivity index (χ2n) is 7.16. The van der Waals surface area contributed by atoms with Crippen LogP contribution in [-0.4, -0.2) is 18.2 Å². The van der Waals surface area contributed by atoms with Crippen molar-refractivity contribution in [1.82, 2.24) is 0 Å². The van der Waals surface area contributed by atoms with E-state index in [1.165, 1.54) is 31.7 Å². The number of hydrogen-bond acceptors (Lipinski definition) is 2. The van der Waals surface area contributed by atoms with Gasteiger partial charge in [-0.1, -0.05) is 38.7 Å². The number of hydrogen-bond donors (Lipinski definition) is 0. The van der Waals surface area contributed by atoms with Crippen molar-refractivity contribution in [3.05, 3.63) is 41.2 Å². The summed E-state index contributed by atoms with van der Waals surface area (Å²) in [6, 6.07) is 3.37. The molecule has 1 aliphatic rings. The third-order valence-corrected chi connectivity index (χ3v) is 4.97. The van der Waals surface area contributed by atoms with Gasteiger partial charge in [-0.3, -0.25) is 0 Å². The lowest BCUT2D eigenvalue weighted by Gasteiger charge is -2.28. The minimum atomic E-state index is -4.51. The highest BCUT2D eigenvalue weighted by molar-refractivity contribution is 5.89. The van der Waals surface area contributed by atoms with E-state index in [-0.39, 0.29) is 23.3 Å². The lowest BCUT2D eigenvalue weighted by molar-refractivity contribution is -0.0790. The van der Waals surface area contributed by atoms with Gasteiger partial charge >= 0.3 is 12.1 Å². The van der Waals surface area contributed by atoms with E-state index < -0.39 is 18.0 Å². The highest BCUT2D eigenvalue weighted by atomic mass is 19.4. The first-order valence-corrected chi connectivity index (χ1v) is 9.55. The molecule has 0 spiro atoms. The molecule has 0 bridgehead atoms. The minimum absolute atomic E-state index is 0.0155. The van der Waals surface area contributed by atoms with Gasteiger partial charge < -0.3 is 4.74 Å². The molecule has 1 aromatic rings. The SMILES string of the molecule is CCCCCC1CCC(OC(=O)c2ccc(C=CC(F)(F)F)c(F)c2)CC1. The Balaban J connectivity index is 1.86. The van der Waals surface area contributed by atoms with Gasteiger partial charge in [-0.25, -0.2) is 9.18 Å². The van der Waals surface area contributed by atoms with Crippen LogP contribution in [0.25, 0.3) is 6.08 Å². The lowest BCUT2D eigenvalue weighted by atomic mass is 9.84. The van der Waals surface area contributed by atoms with Gasteiger partial charge in [-0.2, -0.15) is 13.2 Å². The van der Waals surface area contributed by atoms with Crippen molar-refractivity contribution in [2.24, 2.45) is 5.92 Å². The summed E-state index contributed by atoms with van der Waals surface area (Å²) in [6.07, 6.45) is 4.47. The normalized spacial score (nSPS) is 20.8. The first-order valence-electron chi connectivity index (χ1n) is 9.55. The van der Waals surface area contributed by atoms with E-state index in [9.17, 15) is 22.4 Å². The van der Waals surface area contributed by atoms with Crippen LogP contribution in [0.4, 0.5) is 17.6 Å². The van der Waals surface area contributed by atoms with Crippen molar-refractivity contribution in [2.45, 2.75) is 70.6 Å². The van der Waals surface area contributed by atoms with E-state index in [0.717, 1.165) is 37.8 Å². The number of allylic oxidation sites excluding steroid dienone is 1. The fourth-order valence-electron chi connectivity index (χ4n) is 3.41. The Labute approximate surface area is 157 Å². The Morgan fingerprint density at radius 2 is 1.89 bits per heavy atom. The predicted octanol–water partition coefficient (Wildman–Crippen LogP) is 6.70. The molecule has 0 heterocycles. The van der Waals surface area contributed by atoms with Crippen LogP contribution < -0.4 is 0 Å². The van der Waals surface area contributed by atoms with Crippen LogP contribution in [0.15, 0.2) is 24.3 Å². The predicted molar refractivity (Wildman–Crippen MR) is 96.8 cm³/mol. The number of unbranched alkanes of at least 4 members (excludes halogenated alkanes) is 2. The molecular weight excluding hydrogens is 360 g/mol. The fraction of sp³-hybridized carbons (Fsp3) is 0.571. The molecule has 0 N–H and O–H groups in total. The molecule has 0 radical (unpaired) electrons. The van der Waals surface area contributed by atoms with Crippen LogP contribution in [0.3, 0.4) is 0 Å². The lowest BCUT2D eigenvalue weighted by Crippen LogP contribution is -2.24. The number of carbonyl (C=O) groups excluding carboxylic acids is 1. The quantitative estimate of drug-likeness (QED) is 0.296. The smallest absolute Gasteiger partial charge is 0.409 e. The first kappa shape index (κ1) is 21.5. The summed E-state index contributed by atoms with van der Waals surface area (Å²) in [5.41, 5.74) is -0.210. The first-order chi connectivity index (χ1) is 12.8. The Kier molecular flexibility index (Phi) is 7.87. The highest BCUT2D eigenvalue weighted by Crippen LogP contribution is 2.30. The summed E-state index contributed by atoms with van der Waals surface area (Å²) in [6.45, 7) is 2.18. The third-order valence-electron chi connectivity index (χ3n) is 4.97. The Morgan fingerprint density at radius 1 is 1.19 bits per heavy atom. The summed E-state index contributed by atoms with van der Waals surface area (Å²) in [5.74, 6) is -0.831. The number of alkyl halides is 3. The zero-order valence-corrected chi connectivity index (χ0v) is 15.5. The summed E-state index contributed by atoms with van der Waals surface area (Å²) in [5, 5.41) is 0. The minimum Gasteiger partial charge on any atom is -0.459 e. The zero-order valence-electron chi connectivity index (χ0n) is 15.5.